The molecule has 1 N–H and O–H groups in total. The van der Waals surface area contributed by atoms with Gasteiger partial charge in [-0.15, -0.1) is 0 Å². The first kappa shape index (κ1) is 16.0. The Morgan fingerprint density at radius 3 is 2.81 bits per heavy atom. The van der Waals surface area contributed by atoms with Gasteiger partial charge in [0.25, 0.3) is 0 Å². The summed E-state index contributed by atoms with van der Waals surface area (Å²) < 4.78 is 6.93. The molecule has 112 valence electrons. The van der Waals surface area contributed by atoms with Crippen LogP contribution in [0, 0.1) is 6.92 Å². The quantitative estimate of drug-likeness (QED) is 0.796. The fraction of sp³-hybridized carbons (Fsp3) is 0.353. The van der Waals surface area contributed by atoms with E-state index in [0.29, 0.717) is 11.9 Å². The van der Waals surface area contributed by atoms with Gasteiger partial charge in [0.1, 0.15) is 5.75 Å². The highest BCUT2D eigenvalue weighted by Gasteiger charge is 2.07. The maximum atomic E-state index is 5.85. The zero-order valence-corrected chi connectivity index (χ0v) is 14.3. The van der Waals surface area contributed by atoms with E-state index in [9.17, 15) is 0 Å². The van der Waals surface area contributed by atoms with Gasteiger partial charge in [-0.1, -0.05) is 22.9 Å². The molecule has 2 rings (SSSR count). The van der Waals surface area contributed by atoms with Gasteiger partial charge in [-0.05, 0) is 62.2 Å². The summed E-state index contributed by atoms with van der Waals surface area (Å²) >= 11 is 3.49. The van der Waals surface area contributed by atoms with E-state index in [2.05, 4.69) is 40.1 Å². The third kappa shape index (κ3) is 4.55. The average molecular weight is 349 g/mol. The molecule has 1 aromatic carbocycles. The summed E-state index contributed by atoms with van der Waals surface area (Å²) in [4.78, 5) is 4.29. The number of nitrogens with zero attached hydrogens (tertiary/aromatic N) is 1. The highest BCUT2D eigenvalue weighted by Crippen LogP contribution is 2.26. The number of aryl methyl sites for hydroxylation is 1. The molecular formula is C17H21BrN2O. The van der Waals surface area contributed by atoms with Crippen LogP contribution in [0.2, 0.25) is 0 Å². The molecule has 1 aromatic heterocycles. The van der Waals surface area contributed by atoms with E-state index < -0.39 is 0 Å². The van der Waals surface area contributed by atoms with Gasteiger partial charge >= 0.3 is 0 Å². The van der Waals surface area contributed by atoms with Crippen LogP contribution in [-0.2, 0) is 0 Å². The number of ether oxygens (including phenoxy) is 1. The lowest BCUT2D eigenvalue weighted by molar-refractivity contribution is 0.459. The van der Waals surface area contributed by atoms with Crippen LogP contribution in [0.1, 0.15) is 37.4 Å². The van der Waals surface area contributed by atoms with Crippen molar-refractivity contribution >= 4 is 15.9 Å². The van der Waals surface area contributed by atoms with Crippen LogP contribution in [0.4, 0.5) is 0 Å². The predicted octanol–water partition coefficient (Wildman–Crippen LogP) is 5.01. The molecule has 0 aliphatic heterocycles. The van der Waals surface area contributed by atoms with Gasteiger partial charge in [-0.25, -0.2) is 4.98 Å². The number of benzene rings is 1. The van der Waals surface area contributed by atoms with Crippen molar-refractivity contribution in [2.45, 2.75) is 33.2 Å². The molecular weight excluding hydrogens is 328 g/mol. The Hall–Kier alpha value is -1.39. The van der Waals surface area contributed by atoms with E-state index in [1.165, 1.54) is 5.56 Å². The summed E-state index contributed by atoms with van der Waals surface area (Å²) in [6.07, 6.45) is 2.91. The van der Waals surface area contributed by atoms with Crippen molar-refractivity contribution in [3.05, 3.63) is 52.1 Å². The van der Waals surface area contributed by atoms with Gasteiger partial charge in [0, 0.05) is 22.8 Å². The molecule has 0 saturated heterocycles. The molecule has 0 amide bonds. The minimum absolute atomic E-state index is 0.293. The molecule has 0 aliphatic carbocycles. The van der Waals surface area contributed by atoms with Crippen molar-refractivity contribution in [3.63, 3.8) is 0 Å². The molecule has 0 spiro atoms. The lowest BCUT2D eigenvalue weighted by Crippen LogP contribution is -2.19. The highest BCUT2D eigenvalue weighted by molar-refractivity contribution is 9.10. The second kappa shape index (κ2) is 7.57. The summed E-state index contributed by atoms with van der Waals surface area (Å²) in [6.45, 7) is 7.36. The van der Waals surface area contributed by atoms with E-state index in [1.54, 1.807) is 6.20 Å². The van der Waals surface area contributed by atoms with Crippen molar-refractivity contribution in [2.75, 3.05) is 6.54 Å². The summed E-state index contributed by atoms with van der Waals surface area (Å²) in [6, 6.07) is 10.2. The Morgan fingerprint density at radius 1 is 1.29 bits per heavy atom. The molecule has 1 atom stereocenters. The van der Waals surface area contributed by atoms with Gasteiger partial charge in [0.15, 0.2) is 0 Å². The SMILES string of the molecule is CCCNC(C)c1ccnc(Oc2ccc(Br)c(C)c2)c1. The summed E-state index contributed by atoms with van der Waals surface area (Å²) in [5.74, 6) is 1.42. The van der Waals surface area contributed by atoms with Crippen LogP contribution in [-0.4, -0.2) is 11.5 Å². The minimum Gasteiger partial charge on any atom is -0.439 e. The molecule has 0 saturated carbocycles. The maximum Gasteiger partial charge on any atom is 0.219 e. The molecule has 0 bridgehead atoms. The largest absolute Gasteiger partial charge is 0.439 e. The van der Waals surface area contributed by atoms with Crippen molar-refractivity contribution in [2.24, 2.45) is 0 Å². The van der Waals surface area contributed by atoms with E-state index in [-0.39, 0.29) is 0 Å². The number of pyridine rings is 1. The van der Waals surface area contributed by atoms with Crippen LogP contribution < -0.4 is 10.1 Å². The second-order valence-electron chi connectivity index (χ2n) is 5.12. The Balaban J connectivity index is 2.11. The third-order valence-corrected chi connectivity index (χ3v) is 4.20. The van der Waals surface area contributed by atoms with Crippen molar-refractivity contribution in [3.8, 4) is 11.6 Å². The zero-order chi connectivity index (χ0) is 15.2. The zero-order valence-electron chi connectivity index (χ0n) is 12.7. The fourth-order valence-electron chi connectivity index (χ4n) is 2.03. The second-order valence-corrected chi connectivity index (χ2v) is 5.97. The topological polar surface area (TPSA) is 34.2 Å². The first-order valence-electron chi connectivity index (χ1n) is 7.23. The predicted molar refractivity (Wildman–Crippen MR) is 89.9 cm³/mol. The number of halogens is 1. The number of rotatable bonds is 6. The Morgan fingerprint density at radius 2 is 2.10 bits per heavy atom. The molecule has 0 radical (unpaired) electrons. The number of aromatic nitrogens is 1. The smallest absolute Gasteiger partial charge is 0.219 e. The van der Waals surface area contributed by atoms with Gasteiger partial charge in [-0.2, -0.15) is 0 Å². The van der Waals surface area contributed by atoms with Crippen LogP contribution in [0.25, 0.3) is 0 Å². The average Bonchev–Trinajstić information content (AvgIpc) is 2.49. The van der Waals surface area contributed by atoms with Crippen LogP contribution >= 0.6 is 15.9 Å². The van der Waals surface area contributed by atoms with Crippen LogP contribution in [0.5, 0.6) is 11.6 Å². The highest BCUT2D eigenvalue weighted by atomic mass is 79.9. The Labute approximate surface area is 134 Å². The van der Waals surface area contributed by atoms with E-state index in [4.69, 9.17) is 4.74 Å². The Kier molecular flexibility index (Phi) is 5.76. The molecule has 2 aromatic rings. The standard InChI is InChI=1S/C17H21BrN2O/c1-4-8-19-13(3)14-7-9-20-17(11-14)21-15-5-6-16(18)12(2)10-15/h5-7,9-11,13,19H,4,8H2,1-3H3. The van der Waals surface area contributed by atoms with Gasteiger partial charge in [0.05, 0.1) is 0 Å². The normalized spacial score (nSPS) is 12.2. The number of hydrogen-bond acceptors (Lipinski definition) is 3. The molecule has 1 heterocycles. The third-order valence-electron chi connectivity index (χ3n) is 3.31. The molecule has 21 heavy (non-hydrogen) atoms. The molecule has 0 fully saturated rings. The van der Waals surface area contributed by atoms with Crippen LogP contribution in [0.3, 0.4) is 0 Å². The van der Waals surface area contributed by atoms with Crippen LogP contribution in [0.15, 0.2) is 41.0 Å². The van der Waals surface area contributed by atoms with Crippen molar-refractivity contribution in [1.82, 2.24) is 10.3 Å². The monoisotopic (exact) mass is 348 g/mol. The van der Waals surface area contributed by atoms with Gasteiger partial charge in [0.2, 0.25) is 5.88 Å². The fourth-order valence-corrected chi connectivity index (χ4v) is 2.28. The first-order chi connectivity index (χ1) is 10.1. The van der Waals surface area contributed by atoms with E-state index in [0.717, 1.165) is 28.8 Å². The van der Waals surface area contributed by atoms with E-state index >= 15 is 0 Å². The van der Waals surface area contributed by atoms with Crippen molar-refractivity contribution in [1.29, 1.82) is 0 Å². The number of hydrogen-bond donors (Lipinski definition) is 1. The summed E-state index contributed by atoms with van der Waals surface area (Å²) in [5, 5.41) is 3.47. The molecule has 4 heteroatoms. The molecule has 3 nitrogen and oxygen atoms in total. The molecule has 0 aliphatic rings. The maximum absolute atomic E-state index is 5.85. The molecule has 1 unspecified atom stereocenters. The van der Waals surface area contributed by atoms with Gasteiger partial charge in [-0.3, -0.25) is 0 Å². The van der Waals surface area contributed by atoms with E-state index in [1.807, 2.05) is 37.3 Å². The van der Waals surface area contributed by atoms with Gasteiger partial charge < -0.3 is 10.1 Å². The lowest BCUT2D eigenvalue weighted by atomic mass is 10.1. The summed E-state index contributed by atoms with van der Waals surface area (Å²) in [7, 11) is 0. The van der Waals surface area contributed by atoms with Crippen molar-refractivity contribution < 1.29 is 4.74 Å². The minimum atomic E-state index is 0.293. The Bertz CT molecular complexity index is 601. The number of nitrogens with one attached hydrogen (secondary N) is 1. The first-order valence-corrected chi connectivity index (χ1v) is 8.02. The summed E-state index contributed by atoms with van der Waals surface area (Å²) in [5.41, 5.74) is 2.32. The lowest BCUT2D eigenvalue weighted by Gasteiger charge is -2.14.